The largest absolute Gasteiger partial charge is 0.391 e. The number of urea groups is 1. The van der Waals surface area contributed by atoms with Crippen LogP contribution in [0.3, 0.4) is 0 Å². The van der Waals surface area contributed by atoms with Crippen molar-refractivity contribution in [2.24, 2.45) is 5.92 Å². The highest BCUT2D eigenvalue weighted by Crippen LogP contribution is 2.27. The van der Waals surface area contributed by atoms with Gasteiger partial charge < -0.3 is 15.3 Å². The number of halogens is 1. The van der Waals surface area contributed by atoms with E-state index < -0.39 is 17.1 Å². The number of nitro groups is 1. The second-order valence-electron chi connectivity index (χ2n) is 5.13. The van der Waals surface area contributed by atoms with Crippen LogP contribution in [0.1, 0.15) is 13.3 Å². The van der Waals surface area contributed by atoms with Crippen molar-refractivity contribution in [3.05, 3.63) is 33.3 Å². The second-order valence-corrected chi connectivity index (χ2v) is 5.54. The molecule has 0 saturated carbocycles. The first kappa shape index (κ1) is 15.5. The minimum absolute atomic E-state index is 0.0141. The smallest absolute Gasteiger partial charge is 0.321 e. The van der Waals surface area contributed by atoms with Gasteiger partial charge in [-0.05, 0) is 24.5 Å². The van der Waals surface area contributed by atoms with E-state index in [0.29, 0.717) is 12.2 Å². The van der Waals surface area contributed by atoms with Gasteiger partial charge in [-0.2, -0.15) is 0 Å². The lowest BCUT2D eigenvalue weighted by atomic mass is 9.96. The molecule has 2 rings (SSSR count). The molecule has 1 aromatic rings. The van der Waals surface area contributed by atoms with Crippen LogP contribution in [0.25, 0.3) is 0 Å². The molecule has 1 fully saturated rings. The van der Waals surface area contributed by atoms with Gasteiger partial charge in [0, 0.05) is 24.8 Å². The molecule has 1 aliphatic heterocycles. The number of nitrogens with zero attached hydrogens (tertiary/aromatic N) is 2. The summed E-state index contributed by atoms with van der Waals surface area (Å²) < 4.78 is 0. The first-order chi connectivity index (χ1) is 9.88. The molecule has 2 N–H and O–H groups in total. The van der Waals surface area contributed by atoms with Crippen LogP contribution in [0.5, 0.6) is 0 Å². The third-order valence-electron chi connectivity index (χ3n) is 3.60. The molecule has 8 heteroatoms. The van der Waals surface area contributed by atoms with E-state index in [0.717, 1.165) is 6.42 Å². The molecule has 2 atom stereocenters. The fraction of sp³-hybridized carbons (Fsp3) is 0.462. The summed E-state index contributed by atoms with van der Waals surface area (Å²) in [6.07, 6.45) is 0.166. The molecule has 1 aromatic carbocycles. The Morgan fingerprint density at radius 3 is 2.90 bits per heavy atom. The van der Waals surface area contributed by atoms with Crippen LogP contribution in [0.15, 0.2) is 18.2 Å². The zero-order valence-corrected chi connectivity index (χ0v) is 12.2. The Bertz CT molecular complexity index is 566. The standard InChI is InChI=1S/C13H16ClN3O4/c1-8-4-5-16(7-12(8)18)13(19)15-9-2-3-10(14)11(6-9)17(20)21/h2-3,6,8,12,18H,4-5,7H2,1H3,(H,15,19). The maximum absolute atomic E-state index is 12.1. The summed E-state index contributed by atoms with van der Waals surface area (Å²) in [5.74, 6) is 0.158. The summed E-state index contributed by atoms with van der Waals surface area (Å²) in [5.41, 5.74) is 0.0333. The van der Waals surface area contributed by atoms with Gasteiger partial charge in [0.1, 0.15) is 5.02 Å². The number of hydrogen-bond acceptors (Lipinski definition) is 4. The molecule has 7 nitrogen and oxygen atoms in total. The lowest BCUT2D eigenvalue weighted by molar-refractivity contribution is -0.384. The number of nitrogens with one attached hydrogen (secondary N) is 1. The number of aliphatic hydroxyl groups is 1. The van der Waals surface area contributed by atoms with Crippen LogP contribution in [-0.2, 0) is 0 Å². The predicted molar refractivity (Wildman–Crippen MR) is 78.5 cm³/mol. The number of anilines is 1. The van der Waals surface area contributed by atoms with E-state index in [-0.39, 0.29) is 23.2 Å². The number of nitro benzene ring substituents is 1. The Kier molecular flexibility index (Phi) is 4.64. The monoisotopic (exact) mass is 313 g/mol. The zero-order valence-electron chi connectivity index (χ0n) is 11.5. The Morgan fingerprint density at radius 1 is 1.57 bits per heavy atom. The van der Waals surface area contributed by atoms with E-state index in [2.05, 4.69) is 5.32 Å². The van der Waals surface area contributed by atoms with Crippen LogP contribution in [-0.4, -0.2) is 40.2 Å². The summed E-state index contributed by atoms with van der Waals surface area (Å²) in [6.45, 7) is 2.73. The van der Waals surface area contributed by atoms with Crippen molar-refractivity contribution in [3.8, 4) is 0 Å². The molecule has 0 spiro atoms. The molecule has 2 unspecified atom stereocenters. The normalized spacial score (nSPS) is 22.0. The number of amides is 2. The molecule has 0 aliphatic carbocycles. The number of carbonyl (C=O) groups excluding carboxylic acids is 1. The molecule has 114 valence electrons. The lowest BCUT2D eigenvalue weighted by Crippen LogP contribution is -2.47. The van der Waals surface area contributed by atoms with Crippen LogP contribution in [0.4, 0.5) is 16.2 Å². The number of rotatable bonds is 2. The van der Waals surface area contributed by atoms with E-state index in [4.69, 9.17) is 11.6 Å². The van der Waals surface area contributed by atoms with Gasteiger partial charge in [-0.25, -0.2) is 4.79 Å². The number of hydrogen-bond donors (Lipinski definition) is 2. The van der Waals surface area contributed by atoms with Crippen molar-refractivity contribution in [3.63, 3.8) is 0 Å². The average molecular weight is 314 g/mol. The minimum Gasteiger partial charge on any atom is -0.391 e. The Labute approximate surface area is 126 Å². The lowest BCUT2D eigenvalue weighted by Gasteiger charge is -2.34. The van der Waals surface area contributed by atoms with Gasteiger partial charge >= 0.3 is 6.03 Å². The Balaban J connectivity index is 2.06. The molecule has 0 radical (unpaired) electrons. The van der Waals surface area contributed by atoms with Gasteiger partial charge in [0.15, 0.2) is 0 Å². The van der Waals surface area contributed by atoms with Crippen LogP contribution in [0.2, 0.25) is 5.02 Å². The first-order valence-electron chi connectivity index (χ1n) is 6.56. The van der Waals surface area contributed by atoms with Crippen LogP contribution in [0, 0.1) is 16.0 Å². The van der Waals surface area contributed by atoms with Crippen molar-refractivity contribution in [2.75, 3.05) is 18.4 Å². The third kappa shape index (κ3) is 3.62. The Hall–Kier alpha value is -1.86. The highest BCUT2D eigenvalue weighted by atomic mass is 35.5. The van der Waals surface area contributed by atoms with Gasteiger partial charge in [0.05, 0.1) is 11.0 Å². The van der Waals surface area contributed by atoms with E-state index in [1.165, 1.54) is 23.1 Å². The highest BCUT2D eigenvalue weighted by Gasteiger charge is 2.27. The van der Waals surface area contributed by atoms with Crippen molar-refractivity contribution in [1.82, 2.24) is 4.90 Å². The SMILES string of the molecule is CC1CCN(C(=O)Nc2ccc(Cl)c([N+](=O)[O-])c2)CC1O. The van der Waals surface area contributed by atoms with Gasteiger partial charge in [-0.15, -0.1) is 0 Å². The van der Waals surface area contributed by atoms with Crippen molar-refractivity contribution >= 4 is 29.0 Å². The summed E-state index contributed by atoms with van der Waals surface area (Å²) in [5, 5.41) is 23.2. The summed E-state index contributed by atoms with van der Waals surface area (Å²) in [4.78, 5) is 23.8. The fourth-order valence-corrected chi connectivity index (χ4v) is 2.35. The number of carbonyl (C=O) groups is 1. The average Bonchev–Trinajstić information content (AvgIpc) is 2.43. The minimum atomic E-state index is -0.607. The van der Waals surface area contributed by atoms with Crippen LogP contribution >= 0.6 is 11.6 Å². The van der Waals surface area contributed by atoms with Crippen molar-refractivity contribution < 1.29 is 14.8 Å². The molecule has 1 saturated heterocycles. The van der Waals surface area contributed by atoms with Gasteiger partial charge in [0.25, 0.3) is 5.69 Å². The number of piperidine rings is 1. The maximum atomic E-state index is 12.1. The van der Waals surface area contributed by atoms with Gasteiger partial charge in [-0.3, -0.25) is 10.1 Å². The molecular formula is C13H16ClN3O4. The fourth-order valence-electron chi connectivity index (χ4n) is 2.17. The topological polar surface area (TPSA) is 95.7 Å². The number of β-amino-alcohol motifs (C(OH)–C–C–N with tert-alkyl or cyclic N) is 1. The quantitative estimate of drug-likeness (QED) is 0.647. The number of aliphatic hydroxyl groups excluding tert-OH is 1. The second kappa shape index (κ2) is 6.28. The summed E-state index contributed by atoms with van der Waals surface area (Å²) in [7, 11) is 0. The van der Waals surface area contributed by atoms with E-state index in [1.807, 2.05) is 6.92 Å². The number of likely N-dealkylation sites (tertiary alicyclic amines) is 1. The van der Waals surface area contributed by atoms with Crippen LogP contribution < -0.4 is 5.32 Å². The third-order valence-corrected chi connectivity index (χ3v) is 3.92. The summed E-state index contributed by atoms with van der Waals surface area (Å²) >= 11 is 5.71. The maximum Gasteiger partial charge on any atom is 0.321 e. The predicted octanol–water partition coefficient (Wildman–Crippen LogP) is 2.48. The molecule has 2 amide bonds. The van der Waals surface area contributed by atoms with E-state index in [9.17, 15) is 20.0 Å². The van der Waals surface area contributed by atoms with Gasteiger partial charge in [0.2, 0.25) is 0 Å². The molecule has 1 aliphatic rings. The zero-order chi connectivity index (χ0) is 15.6. The molecular weight excluding hydrogens is 298 g/mol. The van der Waals surface area contributed by atoms with Crippen molar-refractivity contribution in [2.45, 2.75) is 19.4 Å². The summed E-state index contributed by atoms with van der Waals surface area (Å²) in [6, 6.07) is 3.68. The van der Waals surface area contributed by atoms with Crippen molar-refractivity contribution in [1.29, 1.82) is 0 Å². The Morgan fingerprint density at radius 2 is 2.29 bits per heavy atom. The molecule has 0 aromatic heterocycles. The van der Waals surface area contributed by atoms with Gasteiger partial charge in [-0.1, -0.05) is 18.5 Å². The molecule has 1 heterocycles. The highest BCUT2D eigenvalue weighted by molar-refractivity contribution is 6.32. The first-order valence-corrected chi connectivity index (χ1v) is 6.94. The number of benzene rings is 1. The van der Waals surface area contributed by atoms with E-state index >= 15 is 0 Å². The molecule has 0 bridgehead atoms. The van der Waals surface area contributed by atoms with E-state index in [1.54, 1.807) is 0 Å². The molecule has 21 heavy (non-hydrogen) atoms.